The Hall–Kier alpha value is -1.01. The molecule has 0 aromatic carbocycles. The second-order valence-corrected chi connectivity index (χ2v) is 3.76. The number of unbranched alkanes of at least 4 members (excludes halogenated alkanes) is 4. The molecule has 0 saturated heterocycles. The highest BCUT2D eigenvalue weighted by atomic mass is 16.5. The molecule has 0 heterocycles. The van der Waals surface area contributed by atoms with E-state index in [2.05, 4.69) is 17.4 Å². The lowest BCUT2D eigenvalue weighted by molar-refractivity contribution is -0.134. The number of methoxy groups -OCH3 is 1. The van der Waals surface area contributed by atoms with Crippen molar-refractivity contribution in [1.82, 2.24) is 0 Å². The van der Waals surface area contributed by atoms with E-state index in [4.69, 9.17) is 0 Å². The van der Waals surface area contributed by atoms with Gasteiger partial charge in [0.15, 0.2) is 0 Å². The van der Waals surface area contributed by atoms with E-state index in [0.717, 1.165) is 12.0 Å². The lowest BCUT2D eigenvalue weighted by atomic mass is 10.1. The summed E-state index contributed by atoms with van der Waals surface area (Å²) in [4.78, 5) is 10.8. The van der Waals surface area contributed by atoms with Gasteiger partial charge in [0.05, 0.1) is 13.2 Å². The smallest absolute Gasteiger partial charge is 0.338 e. The van der Waals surface area contributed by atoms with Gasteiger partial charge in [-0.1, -0.05) is 32.6 Å². The van der Waals surface area contributed by atoms with E-state index < -0.39 is 0 Å². The summed E-state index contributed by atoms with van der Waals surface area (Å²) in [6.07, 6.45) is 8.75. The molecule has 0 aliphatic carbocycles. The number of hydrogen-bond acceptors (Lipinski definition) is 2. The van der Waals surface area contributed by atoms with Crippen LogP contribution in [0.15, 0.2) is 17.4 Å². The monoisotopic (exact) mass is 210 g/mol. The van der Waals surface area contributed by atoms with Crippen molar-refractivity contribution in [3.63, 3.8) is 0 Å². The van der Waals surface area contributed by atoms with Gasteiger partial charge in [0.2, 0.25) is 0 Å². The number of esters is 1. The van der Waals surface area contributed by atoms with Crippen LogP contribution in [0.2, 0.25) is 0 Å². The quantitative estimate of drug-likeness (QED) is 0.277. The van der Waals surface area contributed by atoms with Crippen molar-refractivity contribution in [1.29, 1.82) is 0 Å². The Kier molecular flexibility index (Phi) is 8.90. The highest BCUT2D eigenvalue weighted by Gasteiger charge is 1.92. The molecule has 0 radical (unpaired) electrons. The van der Waals surface area contributed by atoms with Gasteiger partial charge in [0.25, 0.3) is 0 Å². The van der Waals surface area contributed by atoms with Gasteiger partial charge in [-0.3, -0.25) is 0 Å². The molecule has 2 nitrogen and oxygen atoms in total. The second-order valence-electron chi connectivity index (χ2n) is 3.76. The Bertz CT molecular complexity index is 235. The Morgan fingerprint density at radius 2 is 1.93 bits per heavy atom. The number of carbonyl (C=O) groups excluding carboxylic acids is 1. The van der Waals surface area contributed by atoms with E-state index in [1.165, 1.54) is 45.3 Å². The van der Waals surface area contributed by atoms with Gasteiger partial charge in [-0.15, -0.1) is 5.73 Å². The molecule has 0 saturated carbocycles. The summed E-state index contributed by atoms with van der Waals surface area (Å²) in [7, 11) is 1.38. The molecular weight excluding hydrogens is 188 g/mol. The summed E-state index contributed by atoms with van der Waals surface area (Å²) >= 11 is 0. The fourth-order valence-corrected chi connectivity index (χ4v) is 1.31. The molecule has 0 unspecified atom stereocenters. The molecule has 2 heteroatoms. The van der Waals surface area contributed by atoms with Crippen LogP contribution in [0.25, 0.3) is 0 Å². The minimum atomic E-state index is -0.333. The van der Waals surface area contributed by atoms with E-state index in [0.29, 0.717) is 0 Å². The summed E-state index contributed by atoms with van der Waals surface area (Å²) in [5.41, 5.74) is 4.06. The Labute approximate surface area is 93.0 Å². The van der Waals surface area contributed by atoms with Gasteiger partial charge in [-0.2, -0.15) is 0 Å². The first kappa shape index (κ1) is 14.0. The van der Waals surface area contributed by atoms with Crippen molar-refractivity contribution in [2.75, 3.05) is 7.11 Å². The van der Waals surface area contributed by atoms with Crippen LogP contribution in [0.3, 0.4) is 0 Å². The molecule has 86 valence electrons. The summed E-state index contributed by atoms with van der Waals surface area (Å²) < 4.78 is 4.49. The van der Waals surface area contributed by atoms with Gasteiger partial charge in [-0.05, 0) is 25.3 Å². The zero-order valence-corrected chi connectivity index (χ0v) is 10.1. The zero-order chi connectivity index (χ0) is 11.5. The van der Waals surface area contributed by atoms with Crippen LogP contribution in [-0.4, -0.2) is 13.1 Å². The number of carbonyl (C=O) groups is 1. The van der Waals surface area contributed by atoms with E-state index in [9.17, 15) is 4.79 Å². The Balaban J connectivity index is 3.68. The maximum Gasteiger partial charge on any atom is 0.338 e. The molecule has 0 spiro atoms. The fourth-order valence-electron chi connectivity index (χ4n) is 1.31. The summed E-state index contributed by atoms with van der Waals surface area (Å²) in [6.45, 7) is 4.21. The van der Waals surface area contributed by atoms with Crippen molar-refractivity contribution < 1.29 is 9.53 Å². The van der Waals surface area contributed by atoms with E-state index in [1.807, 2.05) is 6.92 Å². The first-order valence-corrected chi connectivity index (χ1v) is 5.70. The molecule has 0 aliphatic rings. The first-order valence-electron chi connectivity index (χ1n) is 5.70. The van der Waals surface area contributed by atoms with Gasteiger partial charge < -0.3 is 4.74 Å². The lowest BCUT2D eigenvalue weighted by Crippen LogP contribution is -1.92. The second kappa shape index (κ2) is 9.54. The molecule has 0 atom stereocenters. The maximum absolute atomic E-state index is 10.8. The normalized spacial score (nSPS) is 9.27. The molecule has 0 aromatic rings. The Morgan fingerprint density at radius 3 is 2.53 bits per heavy atom. The van der Waals surface area contributed by atoms with Crippen LogP contribution in [0, 0.1) is 0 Å². The third-order valence-electron chi connectivity index (χ3n) is 2.29. The zero-order valence-electron chi connectivity index (χ0n) is 10.1. The van der Waals surface area contributed by atoms with E-state index in [1.54, 1.807) is 0 Å². The van der Waals surface area contributed by atoms with Crippen LogP contribution in [0.1, 0.15) is 52.4 Å². The molecule has 0 rings (SSSR count). The van der Waals surface area contributed by atoms with Crippen LogP contribution in [0.4, 0.5) is 0 Å². The van der Waals surface area contributed by atoms with E-state index >= 15 is 0 Å². The molecule has 0 aromatic heterocycles. The third kappa shape index (κ3) is 9.30. The van der Waals surface area contributed by atoms with Crippen LogP contribution < -0.4 is 0 Å². The van der Waals surface area contributed by atoms with Crippen LogP contribution in [-0.2, 0) is 9.53 Å². The standard InChI is InChI=1S/C13H22O2/c1-4-5-6-7-8-9-12(2)10-11-13(14)15-3/h11H,4-9H2,1-3H3. The first-order chi connectivity index (χ1) is 7.20. The SMILES string of the molecule is CCCCCCCC(C)=C=CC(=O)OC. The summed E-state index contributed by atoms with van der Waals surface area (Å²) in [5, 5.41) is 0. The predicted octanol–water partition coefficient (Wildman–Crippen LogP) is 3.62. The van der Waals surface area contributed by atoms with E-state index in [-0.39, 0.29) is 5.97 Å². The van der Waals surface area contributed by atoms with Crippen molar-refractivity contribution in [3.8, 4) is 0 Å². The summed E-state index contributed by atoms with van der Waals surface area (Å²) in [6, 6.07) is 0. The molecule has 0 N–H and O–H groups in total. The highest BCUT2D eigenvalue weighted by Crippen LogP contribution is 2.09. The molecule has 0 fully saturated rings. The van der Waals surface area contributed by atoms with Crippen LogP contribution >= 0.6 is 0 Å². The average molecular weight is 210 g/mol. The topological polar surface area (TPSA) is 26.3 Å². The van der Waals surface area contributed by atoms with Gasteiger partial charge in [0.1, 0.15) is 0 Å². The minimum Gasteiger partial charge on any atom is -0.465 e. The number of rotatable bonds is 7. The largest absolute Gasteiger partial charge is 0.465 e. The fraction of sp³-hybridized carbons (Fsp3) is 0.692. The van der Waals surface area contributed by atoms with Gasteiger partial charge >= 0.3 is 5.97 Å². The summed E-state index contributed by atoms with van der Waals surface area (Å²) in [5.74, 6) is -0.333. The van der Waals surface area contributed by atoms with Crippen molar-refractivity contribution in [3.05, 3.63) is 17.4 Å². The lowest BCUT2D eigenvalue weighted by Gasteiger charge is -1.98. The van der Waals surface area contributed by atoms with Crippen LogP contribution in [0.5, 0.6) is 0 Å². The van der Waals surface area contributed by atoms with Gasteiger partial charge in [0, 0.05) is 0 Å². The Morgan fingerprint density at radius 1 is 1.27 bits per heavy atom. The average Bonchev–Trinajstić information content (AvgIpc) is 2.25. The molecule has 0 aliphatic heterocycles. The van der Waals surface area contributed by atoms with Crippen molar-refractivity contribution in [2.45, 2.75) is 52.4 Å². The maximum atomic E-state index is 10.8. The van der Waals surface area contributed by atoms with Crippen molar-refractivity contribution >= 4 is 5.97 Å². The third-order valence-corrected chi connectivity index (χ3v) is 2.29. The molecule has 15 heavy (non-hydrogen) atoms. The molecule has 0 amide bonds. The minimum absolute atomic E-state index is 0.333. The number of hydrogen-bond donors (Lipinski definition) is 0. The number of ether oxygens (including phenoxy) is 1. The van der Waals surface area contributed by atoms with Gasteiger partial charge in [-0.25, -0.2) is 4.79 Å². The highest BCUT2D eigenvalue weighted by molar-refractivity contribution is 5.81. The van der Waals surface area contributed by atoms with Crippen molar-refractivity contribution in [2.24, 2.45) is 0 Å². The molecular formula is C13H22O2. The molecule has 0 bridgehead atoms. The predicted molar refractivity (Wildman–Crippen MR) is 62.7 cm³/mol.